The number of nitrogens with zero attached hydrogens (tertiary/aromatic N) is 2. The number of nitro groups is 1. The van der Waals surface area contributed by atoms with Gasteiger partial charge in [0.2, 0.25) is 5.91 Å². The average Bonchev–Trinajstić information content (AvgIpc) is 2.82. The Morgan fingerprint density at radius 3 is 2.47 bits per heavy atom. The first-order valence-corrected chi connectivity index (χ1v) is 11.1. The number of nitro benzene ring substituents is 1. The molecule has 0 spiro atoms. The van der Waals surface area contributed by atoms with Crippen LogP contribution in [-0.4, -0.2) is 34.7 Å². The molecule has 170 valence electrons. The van der Waals surface area contributed by atoms with E-state index >= 15 is 0 Å². The molecule has 1 aliphatic carbocycles. The van der Waals surface area contributed by atoms with E-state index in [1.807, 2.05) is 23.1 Å². The van der Waals surface area contributed by atoms with E-state index in [2.05, 4.69) is 5.32 Å². The van der Waals surface area contributed by atoms with Crippen LogP contribution >= 0.6 is 0 Å². The third-order valence-corrected chi connectivity index (χ3v) is 5.80. The van der Waals surface area contributed by atoms with E-state index in [1.54, 1.807) is 6.07 Å². The molecule has 3 rings (SSSR count). The summed E-state index contributed by atoms with van der Waals surface area (Å²) in [6.45, 7) is 1.61. The number of amides is 2. The third kappa shape index (κ3) is 6.37. The molecule has 0 heterocycles. The van der Waals surface area contributed by atoms with E-state index < -0.39 is 4.92 Å². The zero-order chi connectivity index (χ0) is 22.9. The summed E-state index contributed by atoms with van der Waals surface area (Å²) in [7, 11) is 0. The minimum atomic E-state index is -0.504. The Labute approximate surface area is 187 Å². The fourth-order valence-electron chi connectivity index (χ4n) is 4.06. The first-order chi connectivity index (χ1) is 15.5. The predicted octanol–water partition coefficient (Wildman–Crippen LogP) is 4.10. The molecule has 2 amide bonds. The van der Waals surface area contributed by atoms with Gasteiger partial charge in [-0.05, 0) is 55.6 Å². The van der Waals surface area contributed by atoms with Gasteiger partial charge in [0.15, 0.2) is 0 Å². The van der Waals surface area contributed by atoms with E-state index in [0.717, 1.165) is 37.7 Å². The molecule has 0 radical (unpaired) electrons. The molecule has 0 aliphatic heterocycles. The number of non-ortho nitro benzene ring substituents is 1. The molecule has 2 aromatic carbocycles. The minimum absolute atomic E-state index is 0.0660. The number of carbonyl (C=O) groups excluding carboxylic acids is 2. The summed E-state index contributed by atoms with van der Waals surface area (Å²) in [6, 6.07) is 12.9. The van der Waals surface area contributed by atoms with Gasteiger partial charge in [0.25, 0.3) is 11.6 Å². The highest BCUT2D eigenvalue weighted by molar-refractivity contribution is 6.04. The SMILES string of the molecule is NCCCN(Cc1cccc(NC(=O)c2ccc([N+](=O)[O-])cc2)c1)C(=O)C1CCCCC1. The van der Waals surface area contributed by atoms with E-state index in [4.69, 9.17) is 5.73 Å². The summed E-state index contributed by atoms with van der Waals surface area (Å²) in [6.07, 6.45) is 6.04. The average molecular weight is 439 g/mol. The summed E-state index contributed by atoms with van der Waals surface area (Å²) >= 11 is 0. The van der Waals surface area contributed by atoms with Crippen LogP contribution < -0.4 is 11.1 Å². The number of rotatable bonds is 9. The zero-order valence-corrected chi connectivity index (χ0v) is 18.2. The number of carbonyl (C=O) groups is 2. The molecule has 0 bridgehead atoms. The van der Waals surface area contributed by atoms with Crippen LogP contribution in [0.5, 0.6) is 0 Å². The van der Waals surface area contributed by atoms with Crippen molar-refractivity contribution in [2.24, 2.45) is 11.7 Å². The van der Waals surface area contributed by atoms with Crippen LogP contribution in [0.3, 0.4) is 0 Å². The first kappa shape index (κ1) is 23.4. The Bertz CT molecular complexity index is 939. The second-order valence-corrected chi connectivity index (χ2v) is 8.20. The molecule has 32 heavy (non-hydrogen) atoms. The summed E-state index contributed by atoms with van der Waals surface area (Å²) in [5, 5.41) is 13.6. The third-order valence-electron chi connectivity index (χ3n) is 5.80. The monoisotopic (exact) mass is 438 g/mol. The van der Waals surface area contributed by atoms with Crippen LogP contribution in [0.4, 0.5) is 11.4 Å². The number of hydrogen-bond acceptors (Lipinski definition) is 5. The summed E-state index contributed by atoms with van der Waals surface area (Å²) in [5.74, 6) is -0.0691. The molecule has 0 saturated heterocycles. The number of nitrogens with two attached hydrogens (primary N) is 1. The van der Waals surface area contributed by atoms with Gasteiger partial charge in [-0.3, -0.25) is 19.7 Å². The van der Waals surface area contributed by atoms with Gasteiger partial charge in [0.05, 0.1) is 4.92 Å². The van der Waals surface area contributed by atoms with Crippen molar-refractivity contribution in [3.8, 4) is 0 Å². The normalized spacial score (nSPS) is 14.0. The van der Waals surface area contributed by atoms with E-state index in [-0.39, 0.29) is 23.4 Å². The lowest BCUT2D eigenvalue weighted by molar-refractivity contribution is -0.384. The highest BCUT2D eigenvalue weighted by Gasteiger charge is 2.25. The quantitative estimate of drug-likeness (QED) is 0.451. The molecular weight excluding hydrogens is 408 g/mol. The second-order valence-electron chi connectivity index (χ2n) is 8.20. The smallest absolute Gasteiger partial charge is 0.269 e. The van der Waals surface area contributed by atoms with Gasteiger partial charge in [-0.2, -0.15) is 0 Å². The zero-order valence-electron chi connectivity index (χ0n) is 18.2. The van der Waals surface area contributed by atoms with E-state index in [9.17, 15) is 19.7 Å². The fraction of sp³-hybridized carbons (Fsp3) is 0.417. The van der Waals surface area contributed by atoms with Crippen molar-refractivity contribution >= 4 is 23.2 Å². The first-order valence-electron chi connectivity index (χ1n) is 11.1. The topological polar surface area (TPSA) is 119 Å². The Morgan fingerprint density at radius 1 is 1.09 bits per heavy atom. The van der Waals surface area contributed by atoms with Crippen molar-refractivity contribution in [2.45, 2.75) is 45.1 Å². The van der Waals surface area contributed by atoms with Crippen molar-refractivity contribution in [1.29, 1.82) is 0 Å². The molecule has 0 unspecified atom stereocenters. The molecule has 2 aromatic rings. The lowest BCUT2D eigenvalue weighted by Crippen LogP contribution is -2.37. The number of hydrogen-bond donors (Lipinski definition) is 2. The molecule has 1 aliphatic rings. The minimum Gasteiger partial charge on any atom is -0.338 e. The number of anilines is 1. The molecule has 1 saturated carbocycles. The molecule has 0 aromatic heterocycles. The summed E-state index contributed by atoms with van der Waals surface area (Å²) < 4.78 is 0. The predicted molar refractivity (Wildman–Crippen MR) is 123 cm³/mol. The van der Waals surface area contributed by atoms with Crippen molar-refractivity contribution in [2.75, 3.05) is 18.4 Å². The molecule has 8 heteroatoms. The van der Waals surface area contributed by atoms with Crippen LogP contribution in [0, 0.1) is 16.0 Å². The van der Waals surface area contributed by atoms with Gasteiger partial charge < -0.3 is 16.0 Å². The van der Waals surface area contributed by atoms with Crippen molar-refractivity contribution in [1.82, 2.24) is 4.90 Å². The van der Waals surface area contributed by atoms with Gasteiger partial charge in [-0.25, -0.2) is 0 Å². The van der Waals surface area contributed by atoms with Crippen LogP contribution in [0.2, 0.25) is 0 Å². The maximum absolute atomic E-state index is 13.1. The number of benzene rings is 2. The van der Waals surface area contributed by atoms with Gasteiger partial charge in [0, 0.05) is 42.4 Å². The molecule has 3 N–H and O–H groups in total. The Balaban J connectivity index is 1.68. The Hall–Kier alpha value is -3.26. The Kier molecular flexibility index (Phi) is 8.33. The largest absolute Gasteiger partial charge is 0.338 e. The molecule has 1 fully saturated rings. The van der Waals surface area contributed by atoms with Crippen LogP contribution in [0.15, 0.2) is 48.5 Å². The lowest BCUT2D eigenvalue weighted by atomic mass is 9.88. The van der Waals surface area contributed by atoms with Gasteiger partial charge in [-0.15, -0.1) is 0 Å². The maximum atomic E-state index is 13.1. The van der Waals surface area contributed by atoms with Crippen LogP contribution in [0.1, 0.15) is 54.4 Å². The summed E-state index contributed by atoms with van der Waals surface area (Å²) in [5.41, 5.74) is 7.48. The van der Waals surface area contributed by atoms with E-state index in [0.29, 0.717) is 30.9 Å². The van der Waals surface area contributed by atoms with E-state index in [1.165, 1.54) is 30.7 Å². The molecular formula is C24H30N4O4. The van der Waals surface area contributed by atoms with Crippen LogP contribution in [0.25, 0.3) is 0 Å². The van der Waals surface area contributed by atoms with Crippen LogP contribution in [-0.2, 0) is 11.3 Å². The summed E-state index contributed by atoms with van der Waals surface area (Å²) in [4.78, 5) is 37.8. The maximum Gasteiger partial charge on any atom is 0.269 e. The molecule has 8 nitrogen and oxygen atoms in total. The van der Waals surface area contributed by atoms with Gasteiger partial charge in [0.1, 0.15) is 0 Å². The van der Waals surface area contributed by atoms with Crippen molar-refractivity contribution < 1.29 is 14.5 Å². The Morgan fingerprint density at radius 2 is 1.81 bits per heavy atom. The van der Waals surface area contributed by atoms with Gasteiger partial charge in [-0.1, -0.05) is 31.4 Å². The van der Waals surface area contributed by atoms with Gasteiger partial charge >= 0.3 is 0 Å². The lowest BCUT2D eigenvalue weighted by Gasteiger charge is -2.29. The highest BCUT2D eigenvalue weighted by Crippen LogP contribution is 2.26. The van der Waals surface area contributed by atoms with Crippen molar-refractivity contribution in [3.63, 3.8) is 0 Å². The second kappa shape index (κ2) is 11.4. The number of nitrogens with one attached hydrogen (secondary N) is 1. The van der Waals surface area contributed by atoms with Crippen molar-refractivity contribution in [3.05, 3.63) is 69.8 Å². The fourth-order valence-corrected chi connectivity index (χ4v) is 4.06. The standard InChI is InChI=1S/C24H30N4O4/c25-14-5-15-27(24(30)20-7-2-1-3-8-20)17-18-6-4-9-21(16-18)26-23(29)19-10-12-22(13-11-19)28(31)32/h4,6,9-13,16,20H,1-3,5,7-8,14-15,17,25H2,(H,26,29). The molecule has 0 atom stereocenters. The highest BCUT2D eigenvalue weighted by atomic mass is 16.6.